The number of halogens is 1. The van der Waals surface area contributed by atoms with Gasteiger partial charge in [0.05, 0.1) is 0 Å². The molecule has 0 aliphatic carbocycles. The van der Waals surface area contributed by atoms with E-state index in [9.17, 15) is 4.79 Å². The maximum atomic E-state index is 12.4. The van der Waals surface area contributed by atoms with Crippen molar-refractivity contribution >= 4 is 17.5 Å². The first-order valence-corrected chi connectivity index (χ1v) is 10.3. The average Bonchev–Trinajstić information content (AvgIpc) is 2.66. The fourth-order valence-corrected chi connectivity index (χ4v) is 3.98. The zero-order valence-electron chi connectivity index (χ0n) is 16.1. The molecule has 0 unspecified atom stereocenters. The summed E-state index contributed by atoms with van der Waals surface area (Å²) in [7, 11) is 0. The molecule has 0 spiro atoms. The molecule has 2 aromatic carbocycles. The van der Waals surface area contributed by atoms with Gasteiger partial charge in [0.2, 0.25) is 5.91 Å². The maximum absolute atomic E-state index is 12.4. The predicted octanol–water partition coefficient (Wildman–Crippen LogP) is 4.61. The normalized spacial score (nSPS) is 15.6. The van der Waals surface area contributed by atoms with Gasteiger partial charge in [-0.3, -0.25) is 9.69 Å². The molecular weight excluding hydrogens is 356 g/mol. The van der Waals surface area contributed by atoms with Crippen LogP contribution in [0.3, 0.4) is 0 Å². The van der Waals surface area contributed by atoms with Crippen LogP contribution in [0.25, 0.3) is 0 Å². The van der Waals surface area contributed by atoms with E-state index < -0.39 is 0 Å². The van der Waals surface area contributed by atoms with Gasteiger partial charge in [-0.1, -0.05) is 53.6 Å². The second kappa shape index (κ2) is 9.91. The van der Waals surface area contributed by atoms with Crippen molar-refractivity contribution in [2.45, 2.75) is 39.2 Å². The number of piperidine rings is 1. The number of rotatable bonds is 7. The Balaban J connectivity index is 1.34. The van der Waals surface area contributed by atoms with Crippen molar-refractivity contribution in [3.05, 3.63) is 70.2 Å². The van der Waals surface area contributed by atoms with Crippen LogP contribution in [0, 0.1) is 12.8 Å². The molecule has 4 heteroatoms. The van der Waals surface area contributed by atoms with Gasteiger partial charge in [-0.25, -0.2) is 0 Å². The largest absolute Gasteiger partial charge is 0.356 e. The standard InChI is InChI=1S/C23H29ClN2O/c1-18-5-2-6-19(15-18)8-4-12-25-23(27)21-10-13-26(14-11-21)17-20-7-3-9-22(24)16-20/h2-3,5-7,9,15-16,21H,4,8,10-14,17H2,1H3,(H,25,27). The summed E-state index contributed by atoms with van der Waals surface area (Å²) in [6.07, 6.45) is 3.87. The highest BCUT2D eigenvalue weighted by molar-refractivity contribution is 6.30. The second-order valence-corrected chi connectivity index (χ2v) is 8.00. The van der Waals surface area contributed by atoms with Gasteiger partial charge in [0.25, 0.3) is 0 Å². The highest BCUT2D eigenvalue weighted by atomic mass is 35.5. The lowest BCUT2D eigenvalue weighted by Crippen LogP contribution is -2.40. The molecule has 1 aliphatic heterocycles. The molecule has 3 rings (SSSR count). The third kappa shape index (κ3) is 6.37. The number of carbonyl (C=O) groups excluding carboxylic acids is 1. The lowest BCUT2D eigenvalue weighted by Gasteiger charge is -2.31. The Hall–Kier alpha value is -1.84. The molecule has 0 bridgehead atoms. The van der Waals surface area contributed by atoms with Crippen molar-refractivity contribution in [3.63, 3.8) is 0 Å². The molecule has 1 aliphatic rings. The fraction of sp³-hybridized carbons (Fsp3) is 0.435. The average molecular weight is 385 g/mol. The minimum absolute atomic E-state index is 0.152. The molecule has 1 N–H and O–H groups in total. The van der Waals surface area contributed by atoms with Crippen LogP contribution in [-0.2, 0) is 17.8 Å². The lowest BCUT2D eigenvalue weighted by atomic mass is 9.95. The Morgan fingerprint density at radius 2 is 1.85 bits per heavy atom. The number of aryl methyl sites for hydroxylation is 2. The molecule has 144 valence electrons. The summed E-state index contributed by atoms with van der Waals surface area (Å²) in [6, 6.07) is 16.6. The van der Waals surface area contributed by atoms with E-state index in [1.54, 1.807) is 0 Å². The van der Waals surface area contributed by atoms with Crippen molar-refractivity contribution in [2.24, 2.45) is 5.92 Å². The molecule has 27 heavy (non-hydrogen) atoms. The van der Waals surface area contributed by atoms with Gasteiger partial charge in [0.1, 0.15) is 0 Å². The van der Waals surface area contributed by atoms with Crippen LogP contribution in [0.1, 0.15) is 36.0 Å². The van der Waals surface area contributed by atoms with E-state index in [1.807, 2.05) is 18.2 Å². The van der Waals surface area contributed by atoms with Gasteiger partial charge in [0.15, 0.2) is 0 Å². The van der Waals surface area contributed by atoms with Gasteiger partial charge in [0, 0.05) is 24.0 Å². The molecule has 1 fully saturated rings. The van der Waals surface area contributed by atoms with Crippen LogP contribution in [0.4, 0.5) is 0 Å². The quantitative estimate of drug-likeness (QED) is 0.707. The Labute approximate surface area is 167 Å². The first-order valence-electron chi connectivity index (χ1n) is 9.90. The lowest BCUT2D eigenvalue weighted by molar-refractivity contribution is -0.126. The molecule has 1 amide bonds. The Morgan fingerprint density at radius 1 is 1.11 bits per heavy atom. The number of nitrogens with one attached hydrogen (secondary N) is 1. The number of carbonyl (C=O) groups is 1. The van der Waals surface area contributed by atoms with E-state index in [1.165, 1.54) is 16.7 Å². The molecule has 1 heterocycles. The van der Waals surface area contributed by atoms with Gasteiger partial charge in [-0.2, -0.15) is 0 Å². The van der Waals surface area contributed by atoms with Gasteiger partial charge < -0.3 is 5.32 Å². The van der Waals surface area contributed by atoms with E-state index in [-0.39, 0.29) is 11.8 Å². The monoisotopic (exact) mass is 384 g/mol. The van der Waals surface area contributed by atoms with Crippen LogP contribution in [0.5, 0.6) is 0 Å². The summed E-state index contributed by atoms with van der Waals surface area (Å²) in [5, 5.41) is 3.92. The van der Waals surface area contributed by atoms with Crippen molar-refractivity contribution < 1.29 is 4.79 Å². The summed E-state index contributed by atoms with van der Waals surface area (Å²) in [4.78, 5) is 14.8. The first-order chi connectivity index (χ1) is 13.1. The molecule has 3 nitrogen and oxygen atoms in total. The van der Waals surface area contributed by atoms with E-state index in [0.29, 0.717) is 0 Å². The minimum Gasteiger partial charge on any atom is -0.356 e. The Bertz CT molecular complexity index is 754. The van der Waals surface area contributed by atoms with E-state index in [0.717, 1.165) is 56.9 Å². The molecule has 0 aromatic heterocycles. The summed E-state index contributed by atoms with van der Waals surface area (Å²) in [6.45, 7) is 5.71. The van der Waals surface area contributed by atoms with Crippen LogP contribution < -0.4 is 5.32 Å². The second-order valence-electron chi connectivity index (χ2n) is 7.56. The van der Waals surface area contributed by atoms with Crippen LogP contribution in [0.15, 0.2) is 48.5 Å². The summed E-state index contributed by atoms with van der Waals surface area (Å²) >= 11 is 6.06. The zero-order chi connectivity index (χ0) is 19.1. The van der Waals surface area contributed by atoms with Crippen molar-refractivity contribution in [1.82, 2.24) is 10.2 Å². The number of hydrogen-bond acceptors (Lipinski definition) is 2. The number of hydrogen-bond donors (Lipinski definition) is 1. The predicted molar refractivity (Wildman–Crippen MR) is 112 cm³/mol. The maximum Gasteiger partial charge on any atom is 0.223 e. The van der Waals surface area contributed by atoms with Gasteiger partial charge >= 0.3 is 0 Å². The molecule has 0 atom stereocenters. The van der Waals surface area contributed by atoms with E-state index >= 15 is 0 Å². The molecule has 2 aromatic rings. The number of nitrogens with zero attached hydrogens (tertiary/aromatic N) is 1. The Morgan fingerprint density at radius 3 is 2.59 bits per heavy atom. The van der Waals surface area contributed by atoms with Gasteiger partial charge in [-0.05, 0) is 69.0 Å². The topological polar surface area (TPSA) is 32.3 Å². The van der Waals surface area contributed by atoms with E-state index in [4.69, 9.17) is 11.6 Å². The molecule has 1 saturated heterocycles. The van der Waals surface area contributed by atoms with Gasteiger partial charge in [-0.15, -0.1) is 0 Å². The van der Waals surface area contributed by atoms with Crippen molar-refractivity contribution in [3.8, 4) is 0 Å². The number of amides is 1. The third-order valence-corrected chi connectivity index (χ3v) is 5.51. The number of benzene rings is 2. The molecule has 0 saturated carbocycles. The highest BCUT2D eigenvalue weighted by Crippen LogP contribution is 2.20. The highest BCUT2D eigenvalue weighted by Gasteiger charge is 2.24. The van der Waals surface area contributed by atoms with E-state index in [2.05, 4.69) is 47.5 Å². The smallest absolute Gasteiger partial charge is 0.223 e. The molecule has 0 radical (unpaired) electrons. The SMILES string of the molecule is Cc1cccc(CCCNC(=O)C2CCN(Cc3cccc(Cl)c3)CC2)c1. The summed E-state index contributed by atoms with van der Waals surface area (Å²) in [5.74, 6) is 0.376. The number of likely N-dealkylation sites (tertiary alicyclic amines) is 1. The van der Waals surface area contributed by atoms with Crippen LogP contribution >= 0.6 is 11.6 Å². The van der Waals surface area contributed by atoms with Crippen LogP contribution in [0.2, 0.25) is 5.02 Å². The first kappa shape index (κ1) is 19.9. The fourth-order valence-electron chi connectivity index (χ4n) is 3.76. The van der Waals surface area contributed by atoms with Crippen molar-refractivity contribution in [2.75, 3.05) is 19.6 Å². The molecular formula is C23H29ClN2O. The Kier molecular flexibility index (Phi) is 7.31. The van der Waals surface area contributed by atoms with Crippen LogP contribution in [-0.4, -0.2) is 30.4 Å². The zero-order valence-corrected chi connectivity index (χ0v) is 16.8. The van der Waals surface area contributed by atoms with Crippen molar-refractivity contribution in [1.29, 1.82) is 0 Å². The minimum atomic E-state index is 0.152. The third-order valence-electron chi connectivity index (χ3n) is 5.28. The summed E-state index contributed by atoms with van der Waals surface area (Å²) < 4.78 is 0. The summed E-state index contributed by atoms with van der Waals surface area (Å²) in [5.41, 5.74) is 3.88.